The molecule has 0 amide bonds. The second-order valence-electron chi connectivity index (χ2n) is 3.86. The number of piperidine rings is 1. The van der Waals surface area contributed by atoms with Crippen molar-refractivity contribution in [2.24, 2.45) is 0 Å². The van der Waals surface area contributed by atoms with Crippen molar-refractivity contribution in [2.75, 3.05) is 20.1 Å². The van der Waals surface area contributed by atoms with Crippen molar-refractivity contribution in [3.8, 4) is 0 Å². The van der Waals surface area contributed by atoms with Crippen LogP contribution in [0.5, 0.6) is 0 Å². The molecule has 2 rings (SSSR count). The van der Waals surface area contributed by atoms with Gasteiger partial charge >= 0.3 is 5.97 Å². The topological polar surface area (TPSA) is 79.5 Å². The van der Waals surface area contributed by atoms with Crippen molar-refractivity contribution in [3.63, 3.8) is 0 Å². The lowest BCUT2D eigenvalue weighted by molar-refractivity contribution is 0.0680. The minimum absolute atomic E-state index is 0.171. The summed E-state index contributed by atoms with van der Waals surface area (Å²) in [6.07, 6.45) is 2.05. The molecule has 0 saturated carbocycles. The molecule has 6 heteroatoms. The molecule has 1 aliphatic heterocycles. The van der Waals surface area contributed by atoms with Gasteiger partial charge in [-0.1, -0.05) is 0 Å². The van der Waals surface area contributed by atoms with E-state index in [4.69, 9.17) is 9.63 Å². The maximum Gasteiger partial charge on any atom is 0.377 e. The monoisotopic (exact) mass is 211 g/mol. The molecule has 0 spiro atoms. The zero-order valence-electron chi connectivity index (χ0n) is 8.51. The summed E-state index contributed by atoms with van der Waals surface area (Å²) in [5.74, 6) is -0.782. The fourth-order valence-corrected chi connectivity index (χ4v) is 1.86. The van der Waals surface area contributed by atoms with Gasteiger partial charge in [0, 0.05) is 6.54 Å². The molecule has 1 atom stereocenters. The average Bonchev–Trinajstić information content (AvgIpc) is 2.66. The van der Waals surface area contributed by atoms with Gasteiger partial charge in [0.25, 0.3) is 5.82 Å². The molecule has 0 aromatic carbocycles. The van der Waals surface area contributed by atoms with Gasteiger partial charge in [0.1, 0.15) is 0 Å². The van der Waals surface area contributed by atoms with Crippen LogP contribution in [0.4, 0.5) is 0 Å². The molecule has 1 fully saturated rings. The lowest BCUT2D eigenvalue weighted by atomic mass is 9.98. The van der Waals surface area contributed by atoms with Gasteiger partial charge in [-0.2, -0.15) is 4.98 Å². The van der Waals surface area contributed by atoms with Crippen molar-refractivity contribution in [1.29, 1.82) is 0 Å². The normalized spacial score (nSPS) is 22.9. The summed E-state index contributed by atoms with van der Waals surface area (Å²) in [7, 11) is 2.03. The van der Waals surface area contributed by atoms with Crippen LogP contribution in [0.3, 0.4) is 0 Å². The van der Waals surface area contributed by atoms with Gasteiger partial charge in [-0.3, -0.25) is 0 Å². The Kier molecular flexibility index (Phi) is 2.68. The third-order valence-corrected chi connectivity index (χ3v) is 2.61. The minimum Gasteiger partial charge on any atom is -0.475 e. The van der Waals surface area contributed by atoms with Crippen molar-refractivity contribution in [2.45, 2.75) is 18.8 Å². The molecule has 1 saturated heterocycles. The van der Waals surface area contributed by atoms with Crippen LogP contribution in [0.25, 0.3) is 0 Å². The number of hydrogen-bond acceptors (Lipinski definition) is 5. The molecular formula is C9H13N3O3. The molecule has 1 aliphatic rings. The van der Waals surface area contributed by atoms with Crippen molar-refractivity contribution in [1.82, 2.24) is 15.0 Å². The summed E-state index contributed by atoms with van der Waals surface area (Å²) in [6, 6.07) is 0. The highest BCUT2D eigenvalue weighted by Gasteiger charge is 2.25. The fraction of sp³-hybridized carbons (Fsp3) is 0.667. The van der Waals surface area contributed by atoms with Gasteiger partial charge in [0.2, 0.25) is 5.89 Å². The number of likely N-dealkylation sites (N-methyl/N-ethyl adjacent to an activating group) is 1. The van der Waals surface area contributed by atoms with E-state index in [1.165, 1.54) is 0 Å². The first-order valence-corrected chi connectivity index (χ1v) is 4.92. The van der Waals surface area contributed by atoms with Crippen LogP contribution in [0, 0.1) is 0 Å². The Hall–Kier alpha value is -1.43. The molecule has 1 aromatic rings. The van der Waals surface area contributed by atoms with Gasteiger partial charge < -0.3 is 14.5 Å². The van der Waals surface area contributed by atoms with E-state index in [0.717, 1.165) is 25.9 Å². The Labute approximate surface area is 86.9 Å². The zero-order chi connectivity index (χ0) is 10.8. The van der Waals surface area contributed by atoms with Gasteiger partial charge in [-0.15, -0.1) is 0 Å². The molecule has 6 nitrogen and oxygen atoms in total. The maximum absolute atomic E-state index is 10.6. The molecule has 1 unspecified atom stereocenters. The first-order valence-electron chi connectivity index (χ1n) is 4.92. The lowest BCUT2D eigenvalue weighted by Gasteiger charge is -2.27. The molecule has 82 valence electrons. The van der Waals surface area contributed by atoms with Crippen LogP contribution in [-0.2, 0) is 0 Å². The largest absolute Gasteiger partial charge is 0.475 e. The summed E-state index contributed by atoms with van der Waals surface area (Å²) < 4.78 is 4.95. The van der Waals surface area contributed by atoms with Gasteiger partial charge in [-0.05, 0) is 31.6 Å². The number of carbonyl (C=O) groups is 1. The van der Waals surface area contributed by atoms with Crippen molar-refractivity contribution in [3.05, 3.63) is 11.7 Å². The van der Waals surface area contributed by atoms with Crippen LogP contribution in [0.2, 0.25) is 0 Å². The minimum atomic E-state index is -1.14. The smallest absolute Gasteiger partial charge is 0.377 e. The Balaban J connectivity index is 2.11. The quantitative estimate of drug-likeness (QED) is 0.770. The van der Waals surface area contributed by atoms with E-state index >= 15 is 0 Å². The van der Waals surface area contributed by atoms with E-state index in [-0.39, 0.29) is 11.7 Å². The fourth-order valence-electron chi connectivity index (χ4n) is 1.86. The summed E-state index contributed by atoms with van der Waals surface area (Å²) in [5.41, 5.74) is 0. The summed E-state index contributed by atoms with van der Waals surface area (Å²) in [6.45, 7) is 1.91. The Morgan fingerprint density at radius 2 is 2.47 bits per heavy atom. The number of aromatic nitrogens is 2. The first-order chi connectivity index (χ1) is 7.16. The predicted octanol–water partition coefficient (Wildman–Crippen LogP) is 0.577. The second-order valence-corrected chi connectivity index (χ2v) is 3.86. The Bertz CT molecular complexity index is 363. The average molecular weight is 211 g/mol. The standard InChI is InChI=1S/C9H13N3O3/c1-12-4-2-3-6(5-12)8-10-7(9(13)14)11-15-8/h6H,2-5H2,1H3,(H,13,14). The number of rotatable bonds is 2. The number of aromatic carboxylic acids is 1. The Morgan fingerprint density at radius 3 is 3.07 bits per heavy atom. The summed E-state index contributed by atoms with van der Waals surface area (Å²) in [5, 5.41) is 12.1. The van der Waals surface area contributed by atoms with Gasteiger partial charge in [0.15, 0.2) is 0 Å². The summed E-state index contributed by atoms with van der Waals surface area (Å²) in [4.78, 5) is 16.6. The van der Waals surface area contributed by atoms with Crippen LogP contribution in [0.1, 0.15) is 35.3 Å². The van der Waals surface area contributed by atoms with E-state index < -0.39 is 5.97 Å². The van der Waals surface area contributed by atoms with E-state index in [1.54, 1.807) is 0 Å². The van der Waals surface area contributed by atoms with Crippen LogP contribution in [-0.4, -0.2) is 46.3 Å². The molecule has 15 heavy (non-hydrogen) atoms. The van der Waals surface area contributed by atoms with Crippen molar-refractivity contribution >= 4 is 5.97 Å². The van der Waals surface area contributed by atoms with Crippen molar-refractivity contribution < 1.29 is 14.4 Å². The molecule has 0 aliphatic carbocycles. The highest BCUT2D eigenvalue weighted by molar-refractivity contribution is 5.82. The van der Waals surface area contributed by atoms with Crippen LogP contribution >= 0.6 is 0 Å². The number of carboxylic acid groups (broad SMARTS) is 1. The molecule has 0 radical (unpaired) electrons. The van der Waals surface area contributed by atoms with Gasteiger partial charge in [-0.25, -0.2) is 4.79 Å². The summed E-state index contributed by atoms with van der Waals surface area (Å²) >= 11 is 0. The highest BCUT2D eigenvalue weighted by atomic mass is 16.5. The lowest BCUT2D eigenvalue weighted by Crippen LogP contribution is -2.30. The van der Waals surface area contributed by atoms with E-state index in [2.05, 4.69) is 15.0 Å². The zero-order valence-corrected chi connectivity index (χ0v) is 8.51. The van der Waals surface area contributed by atoms with Crippen LogP contribution < -0.4 is 0 Å². The molecule has 2 heterocycles. The number of nitrogens with zero attached hydrogens (tertiary/aromatic N) is 3. The molecule has 0 bridgehead atoms. The Morgan fingerprint density at radius 1 is 1.67 bits per heavy atom. The number of hydrogen-bond donors (Lipinski definition) is 1. The highest BCUT2D eigenvalue weighted by Crippen LogP contribution is 2.24. The number of carboxylic acids is 1. The van der Waals surface area contributed by atoms with E-state index in [1.807, 2.05) is 7.05 Å². The van der Waals surface area contributed by atoms with E-state index in [9.17, 15) is 4.79 Å². The predicted molar refractivity (Wildman–Crippen MR) is 50.7 cm³/mol. The molecule has 1 aromatic heterocycles. The third-order valence-electron chi connectivity index (χ3n) is 2.61. The molecular weight excluding hydrogens is 198 g/mol. The SMILES string of the molecule is CN1CCCC(c2nc(C(=O)O)no2)C1. The number of likely N-dealkylation sites (tertiary alicyclic amines) is 1. The van der Waals surface area contributed by atoms with Crippen LogP contribution in [0.15, 0.2) is 4.52 Å². The first kappa shape index (κ1) is 10.1. The second kappa shape index (κ2) is 3.98. The third kappa shape index (κ3) is 2.15. The molecule has 1 N–H and O–H groups in total. The van der Waals surface area contributed by atoms with Gasteiger partial charge in [0.05, 0.1) is 5.92 Å². The maximum atomic E-state index is 10.6. The van der Waals surface area contributed by atoms with E-state index in [0.29, 0.717) is 5.89 Å².